The number of benzene rings is 1. The highest BCUT2D eigenvalue weighted by atomic mass is 35.5. The molecule has 0 nitrogen and oxygen atoms in total. The van der Waals surface area contributed by atoms with Crippen molar-refractivity contribution in [2.24, 2.45) is 5.92 Å². The molecule has 0 heterocycles. The maximum absolute atomic E-state index is 12.9. The largest absolute Gasteiger partial charge is 0.207 e. The molecule has 2 unspecified atom stereocenters. The zero-order valence-corrected chi connectivity index (χ0v) is 8.80. The first-order valence-corrected chi connectivity index (χ1v) is 5.56. The van der Waals surface area contributed by atoms with E-state index in [-0.39, 0.29) is 5.82 Å². The Balaban J connectivity index is 1.97. The average Bonchev–Trinajstić information content (AvgIpc) is 2.51. The Morgan fingerprint density at radius 2 is 2.21 bits per heavy atom. The lowest BCUT2D eigenvalue weighted by atomic mass is 9.98. The number of rotatable bonds is 2. The predicted octanol–water partition coefficient (Wildman–Crippen LogP) is 3.78. The van der Waals surface area contributed by atoms with Crippen molar-refractivity contribution in [1.29, 1.82) is 0 Å². The standard InChI is InChI=1S/C12H14ClF/c13-11-5-4-10(7-11)6-9-2-1-3-12(14)8-9/h1-3,8,10-11H,4-7H2. The highest BCUT2D eigenvalue weighted by Crippen LogP contribution is 2.31. The highest BCUT2D eigenvalue weighted by molar-refractivity contribution is 6.20. The maximum Gasteiger partial charge on any atom is 0.123 e. The second kappa shape index (κ2) is 4.31. The topological polar surface area (TPSA) is 0 Å². The van der Waals surface area contributed by atoms with Gasteiger partial charge in [0.15, 0.2) is 0 Å². The molecule has 0 radical (unpaired) electrons. The molecule has 0 bridgehead atoms. The zero-order valence-electron chi connectivity index (χ0n) is 8.05. The van der Waals surface area contributed by atoms with Gasteiger partial charge in [-0.05, 0) is 49.3 Å². The van der Waals surface area contributed by atoms with Crippen molar-refractivity contribution in [2.45, 2.75) is 31.1 Å². The van der Waals surface area contributed by atoms with E-state index in [1.807, 2.05) is 6.07 Å². The Labute approximate surface area is 89.1 Å². The molecular weight excluding hydrogens is 199 g/mol. The predicted molar refractivity (Wildman–Crippen MR) is 57.1 cm³/mol. The molecule has 0 aliphatic heterocycles. The van der Waals surface area contributed by atoms with E-state index in [2.05, 4.69) is 0 Å². The van der Waals surface area contributed by atoms with Crippen LogP contribution in [-0.2, 0) is 6.42 Å². The summed E-state index contributed by atoms with van der Waals surface area (Å²) >= 11 is 6.03. The van der Waals surface area contributed by atoms with Gasteiger partial charge in [0.25, 0.3) is 0 Å². The number of halogens is 2. The molecule has 2 rings (SSSR count). The van der Waals surface area contributed by atoms with Gasteiger partial charge in [-0.15, -0.1) is 11.6 Å². The summed E-state index contributed by atoms with van der Waals surface area (Å²) in [5.41, 5.74) is 1.10. The molecule has 76 valence electrons. The van der Waals surface area contributed by atoms with Gasteiger partial charge in [-0.1, -0.05) is 12.1 Å². The minimum absolute atomic E-state index is 0.136. The van der Waals surface area contributed by atoms with E-state index in [9.17, 15) is 4.39 Å². The summed E-state index contributed by atoms with van der Waals surface area (Å²) in [5, 5.41) is 0.341. The van der Waals surface area contributed by atoms with Crippen LogP contribution in [0.4, 0.5) is 4.39 Å². The van der Waals surface area contributed by atoms with E-state index in [0.717, 1.165) is 24.8 Å². The molecule has 1 fully saturated rings. The SMILES string of the molecule is Fc1cccc(CC2CCC(Cl)C2)c1. The van der Waals surface area contributed by atoms with E-state index < -0.39 is 0 Å². The lowest BCUT2D eigenvalue weighted by Crippen LogP contribution is -2.00. The first-order valence-electron chi connectivity index (χ1n) is 5.12. The van der Waals surface area contributed by atoms with E-state index >= 15 is 0 Å². The Morgan fingerprint density at radius 3 is 2.86 bits per heavy atom. The van der Waals surface area contributed by atoms with Crippen molar-refractivity contribution >= 4 is 11.6 Å². The van der Waals surface area contributed by atoms with Crippen LogP contribution in [0.1, 0.15) is 24.8 Å². The summed E-state index contributed by atoms with van der Waals surface area (Å²) in [4.78, 5) is 0. The normalized spacial score (nSPS) is 26.7. The van der Waals surface area contributed by atoms with Gasteiger partial charge in [0, 0.05) is 5.38 Å². The van der Waals surface area contributed by atoms with Crippen molar-refractivity contribution < 1.29 is 4.39 Å². The molecule has 1 aromatic rings. The van der Waals surface area contributed by atoms with Crippen molar-refractivity contribution in [1.82, 2.24) is 0 Å². The van der Waals surface area contributed by atoms with Gasteiger partial charge in [0.05, 0.1) is 0 Å². The Morgan fingerprint density at radius 1 is 1.36 bits per heavy atom. The second-order valence-corrected chi connectivity index (χ2v) is 4.73. The van der Waals surface area contributed by atoms with Crippen molar-refractivity contribution in [3.63, 3.8) is 0 Å². The van der Waals surface area contributed by atoms with E-state index in [1.165, 1.54) is 12.5 Å². The van der Waals surface area contributed by atoms with Crippen LogP contribution in [0.2, 0.25) is 0 Å². The van der Waals surface area contributed by atoms with Gasteiger partial charge in [0.2, 0.25) is 0 Å². The third-order valence-corrected chi connectivity index (χ3v) is 3.29. The lowest BCUT2D eigenvalue weighted by molar-refractivity contribution is 0.543. The van der Waals surface area contributed by atoms with Gasteiger partial charge in [-0.3, -0.25) is 0 Å². The molecule has 0 amide bonds. The van der Waals surface area contributed by atoms with Gasteiger partial charge in [0.1, 0.15) is 5.82 Å². The molecule has 0 aromatic heterocycles. The van der Waals surface area contributed by atoms with Crippen LogP contribution in [0.25, 0.3) is 0 Å². The summed E-state index contributed by atoms with van der Waals surface area (Å²) in [6.07, 6.45) is 4.35. The fourth-order valence-corrected chi connectivity index (χ4v) is 2.57. The fraction of sp³-hybridized carbons (Fsp3) is 0.500. The molecule has 0 saturated heterocycles. The second-order valence-electron chi connectivity index (χ2n) is 4.11. The number of alkyl halides is 1. The van der Waals surface area contributed by atoms with Gasteiger partial charge in [-0.25, -0.2) is 4.39 Å². The minimum atomic E-state index is -0.136. The minimum Gasteiger partial charge on any atom is -0.207 e. The Bertz CT molecular complexity index is 311. The summed E-state index contributed by atoms with van der Waals surface area (Å²) in [6, 6.07) is 6.88. The van der Waals surface area contributed by atoms with Crippen molar-refractivity contribution in [3.8, 4) is 0 Å². The quantitative estimate of drug-likeness (QED) is 0.655. The first-order chi connectivity index (χ1) is 6.74. The maximum atomic E-state index is 12.9. The third-order valence-electron chi connectivity index (χ3n) is 2.89. The molecule has 2 atom stereocenters. The number of hydrogen-bond acceptors (Lipinski definition) is 0. The molecule has 14 heavy (non-hydrogen) atoms. The van der Waals surface area contributed by atoms with E-state index in [4.69, 9.17) is 11.6 Å². The molecule has 2 heteroatoms. The molecule has 0 spiro atoms. The van der Waals surface area contributed by atoms with Gasteiger partial charge >= 0.3 is 0 Å². The van der Waals surface area contributed by atoms with Crippen LogP contribution < -0.4 is 0 Å². The summed E-state index contributed by atoms with van der Waals surface area (Å²) in [5.74, 6) is 0.516. The third kappa shape index (κ3) is 2.48. The van der Waals surface area contributed by atoms with Gasteiger partial charge in [-0.2, -0.15) is 0 Å². The van der Waals surface area contributed by atoms with Crippen LogP contribution in [0, 0.1) is 11.7 Å². The Kier molecular flexibility index (Phi) is 3.07. The summed E-state index contributed by atoms with van der Waals surface area (Å²) in [7, 11) is 0. The molecule has 1 aromatic carbocycles. The highest BCUT2D eigenvalue weighted by Gasteiger charge is 2.22. The molecule has 1 aliphatic carbocycles. The van der Waals surface area contributed by atoms with E-state index in [1.54, 1.807) is 12.1 Å². The summed E-state index contributed by atoms with van der Waals surface area (Å²) in [6.45, 7) is 0. The van der Waals surface area contributed by atoms with Crippen molar-refractivity contribution in [3.05, 3.63) is 35.6 Å². The Hall–Kier alpha value is -0.560. The monoisotopic (exact) mass is 212 g/mol. The first kappa shape index (κ1) is 9.97. The lowest BCUT2D eigenvalue weighted by Gasteiger charge is -2.08. The zero-order chi connectivity index (χ0) is 9.97. The molecule has 1 saturated carbocycles. The molecule has 1 aliphatic rings. The van der Waals surface area contributed by atoms with Crippen LogP contribution in [0.5, 0.6) is 0 Å². The molecular formula is C12H14ClF. The average molecular weight is 213 g/mol. The van der Waals surface area contributed by atoms with Crippen LogP contribution in [0.15, 0.2) is 24.3 Å². The van der Waals surface area contributed by atoms with Crippen molar-refractivity contribution in [2.75, 3.05) is 0 Å². The smallest absolute Gasteiger partial charge is 0.123 e. The molecule has 0 N–H and O–H groups in total. The summed E-state index contributed by atoms with van der Waals surface area (Å²) < 4.78 is 12.9. The van der Waals surface area contributed by atoms with Crippen LogP contribution in [0.3, 0.4) is 0 Å². The van der Waals surface area contributed by atoms with Crippen LogP contribution >= 0.6 is 11.6 Å². The van der Waals surface area contributed by atoms with Crippen LogP contribution in [-0.4, -0.2) is 5.38 Å². The number of hydrogen-bond donors (Lipinski definition) is 0. The fourth-order valence-electron chi connectivity index (χ4n) is 2.20. The van der Waals surface area contributed by atoms with Gasteiger partial charge < -0.3 is 0 Å². The van der Waals surface area contributed by atoms with E-state index in [0.29, 0.717) is 11.3 Å².